The Hall–Kier alpha value is -2.87. The normalized spacial score (nSPS) is 14.6. The second-order valence-electron chi connectivity index (χ2n) is 7.30. The van der Waals surface area contributed by atoms with Gasteiger partial charge in [-0.25, -0.2) is 4.79 Å². The summed E-state index contributed by atoms with van der Waals surface area (Å²) in [4.78, 5) is 35.8. The van der Waals surface area contributed by atoms with Crippen molar-refractivity contribution in [2.75, 3.05) is 0 Å². The standard InChI is InChI=1S/C20H27N3O5/c1-13(2)11-16(18(24)25)21-17(19(26)27)12-22-9-10-23(20(22)28)14(3)15-7-5-4-6-8-15/h4-10,13-14,16-17,21H,11-12H2,1-3H3,(H,24,25)(H,26,27)/t14?,16-,17-/m0/s1. The Labute approximate surface area is 163 Å². The van der Waals surface area contributed by atoms with E-state index in [4.69, 9.17) is 0 Å². The molecule has 0 saturated carbocycles. The van der Waals surface area contributed by atoms with Crippen molar-refractivity contribution < 1.29 is 19.8 Å². The predicted molar refractivity (Wildman–Crippen MR) is 104 cm³/mol. The number of hydrogen-bond donors (Lipinski definition) is 3. The van der Waals surface area contributed by atoms with Crippen LogP contribution in [0.25, 0.3) is 0 Å². The van der Waals surface area contributed by atoms with E-state index in [-0.39, 0.29) is 24.2 Å². The number of nitrogens with zero attached hydrogens (tertiary/aromatic N) is 2. The summed E-state index contributed by atoms with van der Waals surface area (Å²) in [5.74, 6) is -2.23. The van der Waals surface area contributed by atoms with E-state index in [0.717, 1.165) is 5.56 Å². The molecule has 8 heteroatoms. The first-order valence-electron chi connectivity index (χ1n) is 9.24. The fourth-order valence-corrected chi connectivity index (χ4v) is 3.11. The monoisotopic (exact) mass is 389 g/mol. The lowest BCUT2D eigenvalue weighted by atomic mass is 10.0. The molecule has 152 valence electrons. The minimum absolute atomic E-state index is 0.0820. The third-order valence-corrected chi connectivity index (χ3v) is 4.66. The molecule has 0 radical (unpaired) electrons. The fraction of sp³-hybridized carbons (Fsp3) is 0.450. The molecule has 0 spiro atoms. The largest absolute Gasteiger partial charge is 0.480 e. The number of aliphatic carboxylic acids is 2. The smallest absolute Gasteiger partial charge is 0.328 e. The van der Waals surface area contributed by atoms with Crippen LogP contribution in [-0.4, -0.2) is 43.4 Å². The molecule has 0 aliphatic heterocycles. The molecular weight excluding hydrogens is 362 g/mol. The van der Waals surface area contributed by atoms with Gasteiger partial charge < -0.3 is 10.2 Å². The third-order valence-electron chi connectivity index (χ3n) is 4.66. The summed E-state index contributed by atoms with van der Waals surface area (Å²) in [6.07, 6.45) is 3.43. The maximum absolute atomic E-state index is 12.7. The van der Waals surface area contributed by atoms with Gasteiger partial charge in [0, 0.05) is 12.4 Å². The van der Waals surface area contributed by atoms with Crippen molar-refractivity contribution in [1.29, 1.82) is 0 Å². The molecule has 1 aromatic heterocycles. The molecule has 8 nitrogen and oxygen atoms in total. The molecule has 2 rings (SSSR count). The van der Waals surface area contributed by atoms with Gasteiger partial charge in [-0.15, -0.1) is 0 Å². The van der Waals surface area contributed by atoms with E-state index < -0.39 is 24.0 Å². The second kappa shape index (κ2) is 9.36. The molecule has 1 aromatic carbocycles. The summed E-state index contributed by atoms with van der Waals surface area (Å²) in [7, 11) is 0. The maximum Gasteiger partial charge on any atom is 0.328 e. The Kier molecular flexibility index (Phi) is 7.17. The van der Waals surface area contributed by atoms with Crippen LogP contribution in [0.15, 0.2) is 47.5 Å². The minimum Gasteiger partial charge on any atom is -0.480 e. The quantitative estimate of drug-likeness (QED) is 0.571. The van der Waals surface area contributed by atoms with Crippen LogP contribution in [0.1, 0.15) is 38.8 Å². The summed E-state index contributed by atoms with van der Waals surface area (Å²) in [5.41, 5.74) is 0.610. The average Bonchev–Trinajstić information content (AvgIpc) is 3.00. The van der Waals surface area contributed by atoms with Gasteiger partial charge in [-0.3, -0.25) is 24.0 Å². The molecule has 0 saturated heterocycles. The fourth-order valence-electron chi connectivity index (χ4n) is 3.11. The highest BCUT2D eigenvalue weighted by Crippen LogP contribution is 2.15. The molecule has 0 aliphatic carbocycles. The number of carboxylic acids is 2. The van der Waals surface area contributed by atoms with Gasteiger partial charge in [0.05, 0.1) is 12.6 Å². The highest BCUT2D eigenvalue weighted by atomic mass is 16.4. The Balaban J connectivity index is 2.20. The number of aromatic nitrogens is 2. The van der Waals surface area contributed by atoms with E-state index in [2.05, 4.69) is 5.32 Å². The summed E-state index contributed by atoms with van der Waals surface area (Å²) >= 11 is 0. The second-order valence-corrected chi connectivity index (χ2v) is 7.30. The first kappa shape index (κ1) is 21.4. The Morgan fingerprint density at radius 1 is 1.00 bits per heavy atom. The van der Waals surface area contributed by atoms with Crippen LogP contribution < -0.4 is 11.0 Å². The van der Waals surface area contributed by atoms with E-state index in [9.17, 15) is 24.6 Å². The average molecular weight is 389 g/mol. The molecule has 3 N–H and O–H groups in total. The van der Waals surface area contributed by atoms with Gasteiger partial charge in [0.25, 0.3) is 0 Å². The maximum atomic E-state index is 12.7. The molecule has 0 fully saturated rings. The summed E-state index contributed by atoms with van der Waals surface area (Å²) < 4.78 is 2.82. The number of benzene rings is 1. The summed E-state index contributed by atoms with van der Waals surface area (Å²) in [6.45, 7) is 5.45. The first-order chi connectivity index (χ1) is 13.2. The summed E-state index contributed by atoms with van der Waals surface area (Å²) in [6, 6.07) is 7.10. The molecule has 1 unspecified atom stereocenters. The van der Waals surface area contributed by atoms with Gasteiger partial charge in [0.1, 0.15) is 12.1 Å². The van der Waals surface area contributed by atoms with E-state index in [1.165, 1.54) is 15.3 Å². The zero-order chi connectivity index (χ0) is 20.8. The van der Waals surface area contributed by atoms with Crippen LogP contribution in [-0.2, 0) is 16.1 Å². The Morgan fingerprint density at radius 3 is 2.14 bits per heavy atom. The number of nitrogens with one attached hydrogen (secondary N) is 1. The molecule has 0 aliphatic rings. The molecule has 0 amide bonds. The lowest BCUT2D eigenvalue weighted by Gasteiger charge is -2.21. The van der Waals surface area contributed by atoms with Crippen molar-refractivity contribution in [2.45, 2.75) is 51.9 Å². The highest BCUT2D eigenvalue weighted by Gasteiger charge is 2.27. The lowest BCUT2D eigenvalue weighted by Crippen LogP contribution is -2.50. The van der Waals surface area contributed by atoms with Crippen LogP contribution >= 0.6 is 0 Å². The minimum atomic E-state index is -1.20. The van der Waals surface area contributed by atoms with E-state index >= 15 is 0 Å². The Bertz CT molecular complexity index is 856. The van der Waals surface area contributed by atoms with E-state index in [1.807, 2.05) is 51.1 Å². The van der Waals surface area contributed by atoms with Gasteiger partial charge in [-0.2, -0.15) is 0 Å². The predicted octanol–water partition coefficient (Wildman–Crippen LogP) is 1.80. The van der Waals surface area contributed by atoms with Crippen LogP contribution in [0.4, 0.5) is 0 Å². The van der Waals surface area contributed by atoms with E-state index in [1.54, 1.807) is 6.20 Å². The van der Waals surface area contributed by atoms with Gasteiger partial charge in [-0.1, -0.05) is 44.2 Å². The molecule has 0 bridgehead atoms. The molecule has 1 heterocycles. The van der Waals surface area contributed by atoms with Crippen LogP contribution in [0.3, 0.4) is 0 Å². The number of rotatable bonds is 10. The van der Waals surface area contributed by atoms with E-state index in [0.29, 0.717) is 6.42 Å². The van der Waals surface area contributed by atoms with Crippen molar-refractivity contribution in [3.63, 3.8) is 0 Å². The molecule has 3 atom stereocenters. The van der Waals surface area contributed by atoms with Crippen molar-refractivity contribution in [3.8, 4) is 0 Å². The van der Waals surface area contributed by atoms with Crippen LogP contribution in [0.5, 0.6) is 0 Å². The van der Waals surface area contributed by atoms with Crippen molar-refractivity contribution in [1.82, 2.24) is 14.5 Å². The highest BCUT2D eigenvalue weighted by molar-refractivity contribution is 5.77. The number of carboxylic acid groups (broad SMARTS) is 2. The zero-order valence-electron chi connectivity index (χ0n) is 16.3. The molecular formula is C20H27N3O5. The zero-order valence-corrected chi connectivity index (χ0v) is 16.3. The lowest BCUT2D eigenvalue weighted by molar-refractivity contribution is -0.143. The van der Waals surface area contributed by atoms with Crippen molar-refractivity contribution in [3.05, 3.63) is 58.8 Å². The Morgan fingerprint density at radius 2 is 1.61 bits per heavy atom. The molecule has 2 aromatic rings. The van der Waals surface area contributed by atoms with Gasteiger partial charge >= 0.3 is 17.6 Å². The van der Waals surface area contributed by atoms with Gasteiger partial charge in [-0.05, 0) is 24.8 Å². The third kappa shape index (κ3) is 5.32. The SMILES string of the molecule is CC(C)C[C@H](N[C@@H](Cn1ccn(C(C)c2ccccc2)c1=O)C(=O)O)C(=O)O. The topological polar surface area (TPSA) is 114 Å². The van der Waals surface area contributed by atoms with Gasteiger partial charge in [0.15, 0.2) is 0 Å². The van der Waals surface area contributed by atoms with Crippen molar-refractivity contribution in [2.24, 2.45) is 5.92 Å². The number of imidazole rings is 1. The van der Waals surface area contributed by atoms with Gasteiger partial charge in [0.2, 0.25) is 0 Å². The first-order valence-corrected chi connectivity index (χ1v) is 9.24. The number of carbonyl (C=O) groups is 2. The number of hydrogen-bond acceptors (Lipinski definition) is 4. The van der Waals surface area contributed by atoms with Crippen molar-refractivity contribution >= 4 is 11.9 Å². The van der Waals surface area contributed by atoms with Crippen LogP contribution in [0, 0.1) is 5.92 Å². The summed E-state index contributed by atoms with van der Waals surface area (Å²) in [5, 5.41) is 21.5. The molecule has 28 heavy (non-hydrogen) atoms. The van der Waals surface area contributed by atoms with Crippen LogP contribution in [0.2, 0.25) is 0 Å².